The third-order valence-electron chi connectivity index (χ3n) is 1.79. The number of halogens is 1. The van der Waals surface area contributed by atoms with Gasteiger partial charge in [0.1, 0.15) is 6.61 Å². The predicted octanol–water partition coefficient (Wildman–Crippen LogP) is 1.73. The molecule has 0 saturated heterocycles. The van der Waals surface area contributed by atoms with Gasteiger partial charge in [-0.15, -0.1) is 0 Å². The molecule has 0 heterocycles. The van der Waals surface area contributed by atoms with Crippen LogP contribution in [0.5, 0.6) is 0 Å². The molecular weight excluding hydrogens is 218 g/mol. The number of carbonyl (C=O) groups excluding carboxylic acids is 1. The molecule has 0 bridgehead atoms. The zero-order valence-corrected chi connectivity index (χ0v) is 9.08. The number of esters is 1. The van der Waals surface area contributed by atoms with Crippen LogP contribution in [0.25, 0.3) is 0 Å². The molecule has 82 valence electrons. The maximum absolute atomic E-state index is 11.5. The van der Waals surface area contributed by atoms with Gasteiger partial charge in [0.05, 0.1) is 22.9 Å². The van der Waals surface area contributed by atoms with Crippen LogP contribution in [0.3, 0.4) is 0 Å². The topological polar surface area (TPSA) is 61.5 Å². The van der Waals surface area contributed by atoms with E-state index in [-0.39, 0.29) is 17.9 Å². The number of methoxy groups -OCH3 is 1. The van der Waals surface area contributed by atoms with Crippen molar-refractivity contribution in [3.05, 3.63) is 28.8 Å². The quantitative estimate of drug-likeness (QED) is 0.485. The lowest BCUT2D eigenvalue weighted by molar-refractivity contribution is 0.0389. The molecule has 0 radical (unpaired) electrons. The first-order valence-electron chi connectivity index (χ1n) is 4.37. The second kappa shape index (κ2) is 5.58. The van der Waals surface area contributed by atoms with E-state index in [1.807, 2.05) is 0 Å². The number of carbonyl (C=O) groups is 1. The number of para-hydroxylation sites is 1. The summed E-state index contributed by atoms with van der Waals surface area (Å²) >= 11 is 5.76. The summed E-state index contributed by atoms with van der Waals surface area (Å²) in [4.78, 5) is 11.5. The maximum atomic E-state index is 11.5. The standard InChI is InChI=1S/C10H12ClNO3/c1-14-5-6-15-10(13)7-3-2-4-8(11)9(7)12/h2-4H,5-6,12H2,1H3. The normalized spacial score (nSPS) is 10.0. The lowest BCUT2D eigenvalue weighted by Gasteiger charge is -2.07. The van der Waals surface area contributed by atoms with Crippen molar-refractivity contribution < 1.29 is 14.3 Å². The number of nitrogens with two attached hydrogens (primary N) is 1. The Morgan fingerprint density at radius 1 is 1.47 bits per heavy atom. The van der Waals surface area contributed by atoms with Crippen LogP contribution >= 0.6 is 11.6 Å². The van der Waals surface area contributed by atoms with Crippen LogP contribution in [0.15, 0.2) is 18.2 Å². The highest BCUT2D eigenvalue weighted by atomic mass is 35.5. The van der Waals surface area contributed by atoms with E-state index < -0.39 is 5.97 Å². The molecule has 0 atom stereocenters. The van der Waals surface area contributed by atoms with Gasteiger partial charge < -0.3 is 15.2 Å². The zero-order valence-electron chi connectivity index (χ0n) is 8.33. The van der Waals surface area contributed by atoms with Gasteiger partial charge in [0.15, 0.2) is 0 Å². The van der Waals surface area contributed by atoms with Crippen LogP contribution in [0.2, 0.25) is 5.02 Å². The number of ether oxygens (including phenoxy) is 2. The second-order valence-corrected chi connectivity index (χ2v) is 3.24. The number of anilines is 1. The summed E-state index contributed by atoms with van der Waals surface area (Å²) in [6.45, 7) is 0.549. The molecule has 2 N–H and O–H groups in total. The molecule has 0 fully saturated rings. The third-order valence-corrected chi connectivity index (χ3v) is 2.12. The van der Waals surface area contributed by atoms with Crippen molar-refractivity contribution in [3.63, 3.8) is 0 Å². The van der Waals surface area contributed by atoms with Crippen molar-refractivity contribution in [3.8, 4) is 0 Å². The van der Waals surface area contributed by atoms with Crippen molar-refractivity contribution in [2.24, 2.45) is 0 Å². The number of benzene rings is 1. The molecule has 0 aliphatic heterocycles. The van der Waals surface area contributed by atoms with Crippen LogP contribution in [0, 0.1) is 0 Å². The highest BCUT2D eigenvalue weighted by molar-refractivity contribution is 6.33. The minimum absolute atomic E-state index is 0.196. The molecular formula is C10H12ClNO3. The highest BCUT2D eigenvalue weighted by Gasteiger charge is 2.12. The molecule has 0 aliphatic rings. The van der Waals surface area contributed by atoms with Crippen molar-refractivity contribution in [2.75, 3.05) is 26.1 Å². The van der Waals surface area contributed by atoms with Crippen molar-refractivity contribution >= 4 is 23.3 Å². The predicted molar refractivity (Wildman–Crippen MR) is 58.0 cm³/mol. The molecule has 0 aromatic heterocycles. The number of rotatable bonds is 4. The van der Waals surface area contributed by atoms with Crippen molar-refractivity contribution in [2.45, 2.75) is 0 Å². The van der Waals surface area contributed by atoms with Gasteiger partial charge >= 0.3 is 5.97 Å². The lowest BCUT2D eigenvalue weighted by Crippen LogP contribution is -2.11. The molecule has 1 aromatic carbocycles. The Balaban J connectivity index is 2.69. The summed E-state index contributed by atoms with van der Waals surface area (Å²) in [6, 6.07) is 4.82. The van der Waals surface area contributed by atoms with Gasteiger partial charge in [-0.1, -0.05) is 17.7 Å². The SMILES string of the molecule is COCCOC(=O)c1cccc(Cl)c1N. The van der Waals surface area contributed by atoms with E-state index in [1.54, 1.807) is 18.2 Å². The molecule has 15 heavy (non-hydrogen) atoms. The Hall–Kier alpha value is -1.26. The second-order valence-electron chi connectivity index (χ2n) is 2.83. The minimum atomic E-state index is -0.493. The van der Waals surface area contributed by atoms with Gasteiger partial charge in [-0.05, 0) is 12.1 Å². The van der Waals surface area contributed by atoms with Crippen LogP contribution in [0.4, 0.5) is 5.69 Å². The summed E-state index contributed by atoms with van der Waals surface area (Å²) < 4.78 is 9.65. The van der Waals surface area contributed by atoms with Gasteiger partial charge in [-0.25, -0.2) is 4.79 Å². The van der Waals surface area contributed by atoms with Crippen LogP contribution in [0.1, 0.15) is 10.4 Å². The smallest absolute Gasteiger partial charge is 0.340 e. The Kier molecular flexibility index (Phi) is 4.39. The fraction of sp³-hybridized carbons (Fsp3) is 0.300. The fourth-order valence-electron chi connectivity index (χ4n) is 1.01. The molecule has 5 heteroatoms. The molecule has 0 unspecified atom stereocenters. The van der Waals surface area contributed by atoms with Crippen molar-refractivity contribution in [1.29, 1.82) is 0 Å². The molecule has 1 rings (SSSR count). The van der Waals surface area contributed by atoms with Gasteiger partial charge in [-0.2, -0.15) is 0 Å². The van der Waals surface area contributed by atoms with E-state index in [9.17, 15) is 4.79 Å². The van der Waals surface area contributed by atoms with Gasteiger partial charge in [-0.3, -0.25) is 0 Å². The molecule has 0 amide bonds. The molecule has 0 spiro atoms. The van der Waals surface area contributed by atoms with Gasteiger partial charge in [0, 0.05) is 7.11 Å². The van der Waals surface area contributed by atoms with Crippen LogP contribution in [-0.2, 0) is 9.47 Å². The number of nitrogen functional groups attached to an aromatic ring is 1. The summed E-state index contributed by atoms with van der Waals surface area (Å²) in [6.07, 6.45) is 0. The zero-order chi connectivity index (χ0) is 11.3. The Morgan fingerprint density at radius 2 is 2.20 bits per heavy atom. The minimum Gasteiger partial charge on any atom is -0.460 e. The van der Waals surface area contributed by atoms with E-state index in [0.29, 0.717) is 11.6 Å². The van der Waals surface area contributed by atoms with E-state index in [1.165, 1.54) is 7.11 Å². The van der Waals surface area contributed by atoms with E-state index in [2.05, 4.69) is 0 Å². The summed E-state index contributed by atoms with van der Waals surface area (Å²) in [5.74, 6) is -0.493. The molecule has 1 aromatic rings. The lowest BCUT2D eigenvalue weighted by atomic mass is 10.2. The van der Waals surface area contributed by atoms with Crippen LogP contribution in [-0.4, -0.2) is 26.3 Å². The fourth-order valence-corrected chi connectivity index (χ4v) is 1.19. The first-order valence-corrected chi connectivity index (χ1v) is 4.74. The monoisotopic (exact) mass is 229 g/mol. The Labute approximate surface area is 92.9 Å². The number of hydrogen-bond donors (Lipinski definition) is 1. The van der Waals surface area contributed by atoms with E-state index in [0.717, 1.165) is 0 Å². The summed E-state index contributed by atoms with van der Waals surface area (Å²) in [5, 5.41) is 0.344. The van der Waals surface area contributed by atoms with Crippen LogP contribution < -0.4 is 5.73 Å². The first kappa shape index (κ1) is 11.8. The highest BCUT2D eigenvalue weighted by Crippen LogP contribution is 2.22. The first-order chi connectivity index (χ1) is 7.16. The number of hydrogen-bond acceptors (Lipinski definition) is 4. The summed E-state index contributed by atoms with van der Waals surface area (Å²) in [7, 11) is 1.53. The maximum Gasteiger partial charge on any atom is 0.340 e. The molecule has 4 nitrogen and oxygen atoms in total. The average Bonchev–Trinajstić information content (AvgIpc) is 2.22. The largest absolute Gasteiger partial charge is 0.460 e. The van der Waals surface area contributed by atoms with Gasteiger partial charge in [0.25, 0.3) is 0 Å². The molecule has 0 aliphatic carbocycles. The third kappa shape index (κ3) is 3.11. The summed E-state index contributed by atoms with van der Waals surface area (Å²) in [5.41, 5.74) is 6.14. The molecule has 0 saturated carbocycles. The average molecular weight is 230 g/mol. The Morgan fingerprint density at radius 3 is 2.87 bits per heavy atom. The van der Waals surface area contributed by atoms with E-state index >= 15 is 0 Å². The van der Waals surface area contributed by atoms with E-state index in [4.69, 9.17) is 26.8 Å². The van der Waals surface area contributed by atoms with Gasteiger partial charge in [0.2, 0.25) is 0 Å². The van der Waals surface area contributed by atoms with Crippen molar-refractivity contribution in [1.82, 2.24) is 0 Å². The Bertz CT molecular complexity index is 355.